The van der Waals surface area contributed by atoms with Crippen molar-refractivity contribution in [2.75, 3.05) is 0 Å². The van der Waals surface area contributed by atoms with Crippen LogP contribution in [0.4, 0.5) is 16.9 Å². The molecule has 2 fully saturated rings. The van der Waals surface area contributed by atoms with Crippen LogP contribution in [0.3, 0.4) is 0 Å². The van der Waals surface area contributed by atoms with Crippen LogP contribution in [0.5, 0.6) is 0 Å². The Morgan fingerprint density at radius 3 is 1.38 bits per heavy atom. The van der Waals surface area contributed by atoms with Gasteiger partial charge in [0.25, 0.3) is 0 Å². The van der Waals surface area contributed by atoms with Crippen LogP contribution >= 0.6 is 7.92 Å². The molecule has 0 aliphatic heterocycles. The third-order valence-corrected chi connectivity index (χ3v) is 12.1. The first kappa shape index (κ1) is 42.5. The molecule has 0 atom stereocenters. The van der Waals surface area contributed by atoms with Crippen LogP contribution < -0.4 is 5.30 Å². The molecule has 0 unspecified atom stereocenters. The average Bonchev–Trinajstić information content (AvgIpc) is 2.92. The van der Waals surface area contributed by atoms with Gasteiger partial charge in [0.2, 0.25) is 0 Å². The molecule has 4 rings (SSSR count). The molecule has 2 aliphatic carbocycles. The Labute approximate surface area is 287 Å². The fourth-order valence-electron chi connectivity index (χ4n) is 6.59. The number of hydrogen-bond acceptors (Lipinski definition) is 1. The summed E-state index contributed by atoms with van der Waals surface area (Å²) < 4.78 is 59.6. The topological polar surface area (TPSA) is 23.8 Å². The van der Waals surface area contributed by atoms with E-state index in [1.807, 2.05) is 0 Å². The molecule has 0 radical (unpaired) electrons. The van der Waals surface area contributed by atoms with Crippen LogP contribution in [0.1, 0.15) is 147 Å². The molecule has 2 saturated carbocycles. The van der Waals surface area contributed by atoms with E-state index in [0.717, 1.165) is 11.3 Å². The Morgan fingerprint density at radius 2 is 1.04 bits per heavy atom. The second kappa shape index (κ2) is 17.2. The van der Waals surface area contributed by atoms with Crippen molar-refractivity contribution in [3.05, 3.63) is 53.1 Å². The summed E-state index contributed by atoms with van der Waals surface area (Å²) in [6, 6.07) is 16.6. The summed E-state index contributed by atoms with van der Waals surface area (Å²) in [5.41, 5.74) is 9.71. The van der Waals surface area contributed by atoms with E-state index in [9.17, 15) is 16.9 Å². The van der Waals surface area contributed by atoms with Crippen LogP contribution in [0, 0.1) is 11.3 Å². The van der Waals surface area contributed by atoms with Crippen LogP contribution in [0.2, 0.25) is 0 Å². The van der Waals surface area contributed by atoms with Gasteiger partial charge in [-0.2, -0.15) is 5.26 Å². The predicted molar refractivity (Wildman–Crippen MR) is 178 cm³/mol. The van der Waals surface area contributed by atoms with Crippen molar-refractivity contribution < 1.29 is 39.3 Å². The second-order valence-electron chi connectivity index (χ2n) is 13.2. The molecule has 45 heavy (non-hydrogen) atoms. The molecule has 2 aromatic rings. The molecular formula is C35H52AuF6NPSb. The molecular weight excluding hydrogens is 898 g/mol. The van der Waals surface area contributed by atoms with Crippen molar-refractivity contribution >= 4 is 32.7 Å². The maximum absolute atomic E-state index is 11.2. The first-order valence-electron chi connectivity index (χ1n) is 16.2. The SMILES string of the molecule is CC#N.CC(C)c1cc(C(C)C)c(-c2ccccc2P(C2CCCCC2)C2CCCCC2)c(C(C)C)c1.[Au+].[F][Sb-]([F])([F])([F])([F])[F]. The summed E-state index contributed by atoms with van der Waals surface area (Å²) >= 11 is -11.2. The van der Waals surface area contributed by atoms with E-state index in [1.165, 1.54) is 76.7 Å². The fraction of sp³-hybridized carbons (Fsp3) is 0.629. The molecule has 260 valence electrons. The molecule has 0 heterocycles. The number of rotatable bonds is 7. The zero-order chi connectivity index (χ0) is 33.4. The monoisotopic (exact) mass is 949 g/mol. The minimum atomic E-state index is -11.2. The molecule has 2 aliphatic rings. The third-order valence-electron chi connectivity index (χ3n) is 8.52. The molecule has 10 heteroatoms. The Kier molecular flexibility index (Phi) is 16.3. The van der Waals surface area contributed by atoms with Gasteiger partial charge in [0.15, 0.2) is 0 Å². The van der Waals surface area contributed by atoms with Crippen LogP contribution in [-0.2, 0) is 22.4 Å². The van der Waals surface area contributed by atoms with Crippen molar-refractivity contribution in [3.63, 3.8) is 0 Å². The molecule has 2 aromatic carbocycles. The first-order valence-corrected chi connectivity index (χ1v) is 23.4. The standard InChI is InChI=1S/C33H49P.C2H3N.Au.6FH.Sb/c1-23(2)26-21-30(24(3)4)33(31(22-26)25(5)6)29-19-13-14-20-32(29)34(27-15-9-7-10-16-27)28-17-11-8-12-18-28;1-2-3;;;;;;;;/h13-14,19-25,27-28H,7-12,15-18H2,1-6H3;1H3;;6*1H;/q;;+1;;;;;;;+5/p-6. The van der Waals surface area contributed by atoms with E-state index in [-0.39, 0.29) is 30.3 Å². The Morgan fingerprint density at radius 1 is 0.689 bits per heavy atom. The van der Waals surface area contributed by atoms with Gasteiger partial charge in [-0.1, -0.05) is 124 Å². The zero-order valence-electron chi connectivity index (χ0n) is 27.8. The fourth-order valence-corrected chi connectivity index (χ4v) is 10.5. The summed E-state index contributed by atoms with van der Waals surface area (Å²) in [7, 11) is -0.120. The molecule has 0 spiro atoms. The zero-order valence-corrected chi connectivity index (χ0v) is 33.4. The quantitative estimate of drug-likeness (QED) is 0.154. The molecule has 1 nitrogen and oxygen atoms in total. The van der Waals surface area contributed by atoms with Crippen LogP contribution in [-0.4, -0.2) is 30.8 Å². The predicted octanol–water partition coefficient (Wildman–Crippen LogP) is 13.2. The van der Waals surface area contributed by atoms with Crippen molar-refractivity contribution in [1.29, 1.82) is 5.26 Å². The van der Waals surface area contributed by atoms with Gasteiger partial charge in [-0.15, -0.1) is 0 Å². The summed E-state index contributed by atoms with van der Waals surface area (Å²) in [4.78, 5) is 0. The Balaban J connectivity index is 0.000000803. The van der Waals surface area contributed by atoms with Crippen LogP contribution in [0.15, 0.2) is 36.4 Å². The molecule has 0 amide bonds. The molecule has 0 saturated heterocycles. The number of nitriles is 1. The van der Waals surface area contributed by atoms with Crippen LogP contribution in [0.25, 0.3) is 11.1 Å². The number of hydrogen-bond donors (Lipinski definition) is 0. The van der Waals surface area contributed by atoms with E-state index >= 15 is 0 Å². The summed E-state index contributed by atoms with van der Waals surface area (Å²) in [5.74, 6) is 1.64. The van der Waals surface area contributed by atoms with E-state index in [4.69, 9.17) is 5.26 Å². The third kappa shape index (κ3) is 15.1. The van der Waals surface area contributed by atoms with Gasteiger partial charge in [0.1, 0.15) is 0 Å². The van der Waals surface area contributed by atoms with Crippen molar-refractivity contribution in [2.24, 2.45) is 0 Å². The molecule has 0 N–H and O–H groups in total. The second-order valence-corrected chi connectivity index (χ2v) is 21.5. The summed E-state index contributed by atoms with van der Waals surface area (Å²) in [6.07, 6.45) is 14.6. The van der Waals surface area contributed by atoms with Gasteiger partial charge >= 0.3 is 58.7 Å². The van der Waals surface area contributed by atoms with Crippen molar-refractivity contribution in [3.8, 4) is 17.2 Å². The minimum absolute atomic E-state index is 0. The van der Waals surface area contributed by atoms with E-state index in [1.54, 1.807) is 33.6 Å². The Bertz CT molecular complexity index is 1190. The van der Waals surface area contributed by atoms with E-state index < -0.39 is 19.5 Å². The maximum atomic E-state index is 9.93. The van der Waals surface area contributed by atoms with Crippen molar-refractivity contribution in [2.45, 2.75) is 142 Å². The van der Waals surface area contributed by atoms with E-state index in [2.05, 4.69) is 77.9 Å². The number of benzene rings is 2. The first-order chi connectivity index (χ1) is 20.2. The van der Waals surface area contributed by atoms with E-state index in [0.29, 0.717) is 17.8 Å². The van der Waals surface area contributed by atoms with Gasteiger partial charge in [0, 0.05) is 6.92 Å². The number of nitrogens with zero attached hydrogens (tertiary/aromatic N) is 1. The average molecular weight is 950 g/mol. The van der Waals surface area contributed by atoms with Gasteiger partial charge in [0.05, 0.1) is 6.07 Å². The van der Waals surface area contributed by atoms with Gasteiger partial charge in [-0.05, 0) is 87.9 Å². The molecule has 0 aromatic heterocycles. The summed E-state index contributed by atoms with van der Waals surface area (Å²) in [6.45, 7) is 15.7. The van der Waals surface area contributed by atoms with Gasteiger partial charge < -0.3 is 0 Å². The molecule has 0 bridgehead atoms. The van der Waals surface area contributed by atoms with Crippen molar-refractivity contribution in [1.82, 2.24) is 0 Å². The normalized spacial score (nSPS) is 17.8. The van der Waals surface area contributed by atoms with Gasteiger partial charge in [-0.25, -0.2) is 0 Å². The number of halogens is 6. The van der Waals surface area contributed by atoms with Gasteiger partial charge in [-0.3, -0.25) is 0 Å². The Hall–Kier alpha value is -0.502. The summed E-state index contributed by atoms with van der Waals surface area (Å²) in [5, 5.41) is 9.07.